The van der Waals surface area contributed by atoms with Crippen molar-refractivity contribution in [3.05, 3.63) is 35.9 Å². The minimum absolute atomic E-state index is 0.658. The molecule has 6 heteroatoms. The zero-order valence-corrected chi connectivity index (χ0v) is 8.00. The van der Waals surface area contributed by atoms with Gasteiger partial charge in [-0.2, -0.15) is 0 Å². The first kappa shape index (κ1) is 9.83. The predicted octanol–water partition coefficient (Wildman–Crippen LogP) is 1.19. The van der Waals surface area contributed by atoms with Gasteiger partial charge in [-0.05, 0) is 0 Å². The van der Waals surface area contributed by atoms with Crippen LogP contribution < -0.4 is 0 Å². The minimum Gasteiger partial charge on any atom is -0.321 e. The van der Waals surface area contributed by atoms with Crippen LogP contribution in [0.25, 0.3) is 0 Å². The van der Waals surface area contributed by atoms with Gasteiger partial charge in [0.05, 0.1) is 0 Å². The fraction of sp³-hybridized carbons (Fsp3) is 0.250. The molecule has 76 valence electrons. The molecular weight excluding hydrogens is 207 g/mol. The molecule has 0 aliphatic carbocycles. The van der Waals surface area contributed by atoms with E-state index in [1.165, 1.54) is 0 Å². The minimum atomic E-state index is -4.27. The van der Waals surface area contributed by atoms with Gasteiger partial charge in [-0.1, -0.05) is 30.3 Å². The fourth-order valence-corrected chi connectivity index (χ4v) is 1.69. The molecule has 2 rings (SSSR count). The van der Waals surface area contributed by atoms with Gasteiger partial charge in [0, 0.05) is 5.56 Å². The van der Waals surface area contributed by atoms with Crippen molar-refractivity contribution in [3.63, 3.8) is 0 Å². The molecule has 5 nitrogen and oxygen atoms in total. The summed E-state index contributed by atoms with van der Waals surface area (Å²) in [4.78, 5) is 17.3. The molecule has 14 heavy (non-hydrogen) atoms. The number of hydrogen-bond acceptors (Lipinski definition) is 3. The van der Waals surface area contributed by atoms with Gasteiger partial charge >= 0.3 is 7.60 Å². The molecule has 0 saturated carbocycles. The standard InChI is InChI=1S/C8H9O5P/c9-14(10,11)8-12-7(13-8)6-4-2-1-3-5-6/h1-5,7-8H,(H2,9,10,11). The van der Waals surface area contributed by atoms with Gasteiger partial charge in [0.25, 0.3) is 6.03 Å². The zero-order valence-electron chi connectivity index (χ0n) is 7.11. The normalized spacial score (nSPS) is 27.0. The Morgan fingerprint density at radius 1 is 1.14 bits per heavy atom. The first-order valence-corrected chi connectivity index (χ1v) is 5.66. The summed E-state index contributed by atoms with van der Waals surface area (Å²) in [6.07, 6.45) is -0.658. The maximum absolute atomic E-state index is 10.6. The van der Waals surface area contributed by atoms with Crippen LogP contribution in [0.15, 0.2) is 30.3 Å². The van der Waals surface area contributed by atoms with Crippen LogP contribution >= 0.6 is 7.60 Å². The first-order valence-electron chi connectivity index (χ1n) is 3.98. The van der Waals surface area contributed by atoms with Crippen molar-refractivity contribution >= 4 is 7.60 Å². The molecule has 1 aliphatic rings. The molecule has 0 amide bonds. The van der Waals surface area contributed by atoms with Crippen LogP contribution in [0.2, 0.25) is 0 Å². The van der Waals surface area contributed by atoms with Crippen molar-refractivity contribution in [2.45, 2.75) is 12.3 Å². The van der Waals surface area contributed by atoms with Crippen LogP contribution in [0.1, 0.15) is 11.9 Å². The van der Waals surface area contributed by atoms with Crippen molar-refractivity contribution in [2.24, 2.45) is 0 Å². The van der Waals surface area contributed by atoms with E-state index in [-0.39, 0.29) is 0 Å². The zero-order chi connectivity index (χ0) is 10.2. The van der Waals surface area contributed by atoms with E-state index in [1.807, 2.05) is 6.07 Å². The Labute approximate surface area is 80.4 Å². The van der Waals surface area contributed by atoms with Crippen molar-refractivity contribution in [1.29, 1.82) is 0 Å². The van der Waals surface area contributed by atoms with Crippen LogP contribution in [0.4, 0.5) is 0 Å². The van der Waals surface area contributed by atoms with Crippen LogP contribution in [-0.4, -0.2) is 15.8 Å². The van der Waals surface area contributed by atoms with E-state index in [2.05, 4.69) is 0 Å². The molecule has 0 bridgehead atoms. The maximum atomic E-state index is 10.6. The molecule has 1 saturated heterocycles. The number of benzene rings is 1. The van der Waals surface area contributed by atoms with Gasteiger partial charge in [-0.25, -0.2) is 0 Å². The van der Waals surface area contributed by atoms with E-state index in [4.69, 9.17) is 19.3 Å². The summed E-state index contributed by atoms with van der Waals surface area (Å²) in [7, 11) is -4.27. The van der Waals surface area contributed by atoms with E-state index >= 15 is 0 Å². The summed E-state index contributed by atoms with van der Waals surface area (Å²) in [6.45, 7) is 0. The quantitative estimate of drug-likeness (QED) is 0.726. The van der Waals surface area contributed by atoms with Gasteiger partial charge < -0.3 is 19.3 Å². The highest BCUT2D eigenvalue weighted by atomic mass is 31.2. The van der Waals surface area contributed by atoms with Gasteiger partial charge in [0.1, 0.15) is 0 Å². The largest absolute Gasteiger partial charge is 0.381 e. The van der Waals surface area contributed by atoms with E-state index in [0.717, 1.165) is 5.56 Å². The molecular formula is C8H9O5P. The molecule has 0 atom stereocenters. The summed E-state index contributed by atoms with van der Waals surface area (Å²) < 4.78 is 20.4. The summed E-state index contributed by atoms with van der Waals surface area (Å²) in [5, 5.41) is 0. The average molecular weight is 216 g/mol. The molecule has 1 aromatic rings. The molecule has 0 aromatic heterocycles. The lowest BCUT2D eigenvalue weighted by molar-refractivity contribution is -0.358. The Hall–Kier alpha value is -0.710. The maximum Gasteiger partial charge on any atom is 0.381 e. The lowest BCUT2D eigenvalue weighted by Gasteiger charge is -2.35. The molecule has 0 spiro atoms. The van der Waals surface area contributed by atoms with Gasteiger partial charge in [-0.3, -0.25) is 4.57 Å². The smallest absolute Gasteiger partial charge is 0.321 e. The summed E-state index contributed by atoms with van der Waals surface area (Å²) >= 11 is 0. The van der Waals surface area contributed by atoms with Crippen molar-refractivity contribution in [2.75, 3.05) is 0 Å². The third-order valence-electron chi connectivity index (χ3n) is 1.83. The molecule has 1 aromatic carbocycles. The molecule has 1 aliphatic heterocycles. The molecule has 2 N–H and O–H groups in total. The predicted molar refractivity (Wildman–Crippen MR) is 47.2 cm³/mol. The van der Waals surface area contributed by atoms with E-state index in [0.29, 0.717) is 0 Å². The number of ether oxygens (including phenoxy) is 2. The molecule has 1 heterocycles. The van der Waals surface area contributed by atoms with Gasteiger partial charge in [-0.15, -0.1) is 0 Å². The van der Waals surface area contributed by atoms with E-state index in [9.17, 15) is 4.57 Å². The Bertz CT molecular complexity index is 353. The highest BCUT2D eigenvalue weighted by Gasteiger charge is 2.44. The Kier molecular flexibility index (Phi) is 2.43. The Balaban J connectivity index is 1.99. The van der Waals surface area contributed by atoms with Crippen LogP contribution in [0.5, 0.6) is 0 Å². The topological polar surface area (TPSA) is 76.0 Å². The summed E-state index contributed by atoms with van der Waals surface area (Å²) in [5.41, 5.74) is 0.747. The average Bonchev–Trinajstić information content (AvgIpc) is 2.00. The van der Waals surface area contributed by atoms with Crippen LogP contribution in [0.3, 0.4) is 0 Å². The Morgan fingerprint density at radius 3 is 2.21 bits per heavy atom. The van der Waals surface area contributed by atoms with E-state index in [1.54, 1.807) is 24.3 Å². The Morgan fingerprint density at radius 2 is 1.71 bits per heavy atom. The highest BCUT2D eigenvalue weighted by molar-refractivity contribution is 7.52. The first-order chi connectivity index (χ1) is 6.57. The highest BCUT2D eigenvalue weighted by Crippen LogP contribution is 2.51. The SMILES string of the molecule is O=P(O)(O)C1OC(c2ccccc2)O1. The lowest BCUT2D eigenvalue weighted by Crippen LogP contribution is -2.34. The second kappa shape index (κ2) is 3.46. The fourth-order valence-electron chi connectivity index (χ4n) is 1.15. The number of rotatable bonds is 2. The monoisotopic (exact) mass is 216 g/mol. The van der Waals surface area contributed by atoms with Gasteiger partial charge in [0.15, 0.2) is 6.29 Å². The summed E-state index contributed by atoms with van der Waals surface area (Å²) in [6, 6.07) is 7.55. The molecule has 1 fully saturated rings. The third-order valence-corrected chi connectivity index (χ3v) is 2.62. The van der Waals surface area contributed by atoms with Crippen molar-refractivity contribution in [3.8, 4) is 0 Å². The van der Waals surface area contributed by atoms with Crippen LogP contribution in [0, 0.1) is 0 Å². The van der Waals surface area contributed by atoms with Crippen LogP contribution in [-0.2, 0) is 14.0 Å². The number of hydrogen-bond donors (Lipinski definition) is 2. The van der Waals surface area contributed by atoms with Crippen molar-refractivity contribution in [1.82, 2.24) is 0 Å². The molecule has 0 radical (unpaired) electrons. The lowest BCUT2D eigenvalue weighted by atomic mass is 10.2. The third kappa shape index (κ3) is 1.87. The second-order valence-corrected chi connectivity index (χ2v) is 4.51. The second-order valence-electron chi connectivity index (χ2n) is 2.91. The van der Waals surface area contributed by atoms with Gasteiger partial charge in [0.2, 0.25) is 0 Å². The molecule has 0 unspecified atom stereocenters. The van der Waals surface area contributed by atoms with Crippen molar-refractivity contribution < 1.29 is 23.8 Å². The van der Waals surface area contributed by atoms with E-state index < -0.39 is 19.9 Å². The summed E-state index contributed by atoms with van der Waals surface area (Å²) in [5.74, 6) is 0.